The van der Waals surface area contributed by atoms with Gasteiger partial charge in [0.25, 0.3) is 0 Å². The van der Waals surface area contributed by atoms with Gasteiger partial charge in [-0.05, 0) is 54.7 Å². The molecule has 0 aliphatic rings. The minimum absolute atomic E-state index is 0.0144. The summed E-state index contributed by atoms with van der Waals surface area (Å²) in [5.41, 5.74) is 5.92. The number of carbonyl (C=O) groups is 3. The summed E-state index contributed by atoms with van der Waals surface area (Å²) in [6, 6.07) is 11.9. The quantitative estimate of drug-likeness (QED) is 0.197. The van der Waals surface area contributed by atoms with Gasteiger partial charge in [0.1, 0.15) is 18.5 Å². The van der Waals surface area contributed by atoms with E-state index in [1.165, 1.54) is 17.0 Å². The van der Waals surface area contributed by atoms with E-state index >= 15 is 0 Å². The first-order chi connectivity index (χ1) is 20.1. The van der Waals surface area contributed by atoms with Gasteiger partial charge in [-0.3, -0.25) is 14.9 Å². The Labute approximate surface area is 244 Å². The Kier molecular flexibility index (Phi) is 12.2. The van der Waals surface area contributed by atoms with Crippen molar-refractivity contribution in [3.8, 4) is 0 Å². The number of fused-ring (bicyclic) bond motifs is 1. The Bertz CT molecular complexity index is 1370. The molecule has 1 heterocycles. The van der Waals surface area contributed by atoms with E-state index in [1.54, 1.807) is 19.3 Å². The number of aromatic nitrogens is 1. The molecule has 3 aromatic rings. The zero-order valence-corrected chi connectivity index (χ0v) is 24.1. The summed E-state index contributed by atoms with van der Waals surface area (Å²) in [5.74, 6) is -2.47. The number of hydrogen-bond acceptors (Lipinski definition) is 7. The van der Waals surface area contributed by atoms with Crippen LogP contribution in [0.4, 0.5) is 19.4 Å². The molecule has 11 heteroatoms. The minimum Gasteiger partial charge on any atom is -0.465 e. The molecule has 0 aliphatic heterocycles. The Morgan fingerprint density at radius 3 is 2.50 bits per heavy atom. The van der Waals surface area contributed by atoms with Gasteiger partial charge in [-0.15, -0.1) is 0 Å². The minimum atomic E-state index is -0.974. The number of nitrogens with zero attached hydrogens (tertiary/aromatic N) is 2. The first kappa shape index (κ1) is 32.4. The molecule has 0 fully saturated rings. The number of unbranched alkanes of at least 4 members (excludes halogenated alkanes) is 1. The second kappa shape index (κ2) is 15.8. The number of aryl methyl sites for hydroxylation is 1. The molecular formula is C31H38F2N4O5. The van der Waals surface area contributed by atoms with Crippen molar-refractivity contribution >= 4 is 34.6 Å². The fourth-order valence-corrected chi connectivity index (χ4v) is 4.24. The number of pyridine rings is 1. The van der Waals surface area contributed by atoms with Gasteiger partial charge >= 0.3 is 12.1 Å². The second-order valence-electron chi connectivity index (χ2n) is 10.4. The Hall–Kier alpha value is -4.12. The molecule has 226 valence electrons. The maximum absolute atomic E-state index is 14.1. The molecule has 0 radical (unpaired) electrons. The van der Waals surface area contributed by atoms with Gasteiger partial charge in [0.05, 0.1) is 12.6 Å². The molecular weight excluding hydrogens is 546 g/mol. The van der Waals surface area contributed by atoms with Gasteiger partial charge in [-0.2, -0.15) is 0 Å². The number of ether oxygens (including phenoxy) is 2. The smallest absolute Gasteiger partial charge is 0.412 e. The third-order valence-corrected chi connectivity index (χ3v) is 7.02. The highest BCUT2D eigenvalue weighted by molar-refractivity contribution is 5.89. The van der Waals surface area contributed by atoms with Crippen molar-refractivity contribution in [2.75, 3.05) is 25.6 Å². The van der Waals surface area contributed by atoms with E-state index in [0.29, 0.717) is 25.1 Å². The van der Waals surface area contributed by atoms with E-state index in [9.17, 15) is 23.2 Å². The fourth-order valence-electron chi connectivity index (χ4n) is 4.24. The van der Waals surface area contributed by atoms with E-state index < -0.39 is 35.8 Å². The van der Waals surface area contributed by atoms with Crippen molar-refractivity contribution in [1.82, 2.24) is 9.88 Å². The zero-order valence-electron chi connectivity index (χ0n) is 24.1. The molecule has 0 spiro atoms. The largest absolute Gasteiger partial charge is 0.465 e. The third kappa shape index (κ3) is 9.47. The van der Waals surface area contributed by atoms with E-state index in [4.69, 9.17) is 15.2 Å². The van der Waals surface area contributed by atoms with Crippen molar-refractivity contribution < 1.29 is 32.6 Å². The molecule has 0 aliphatic carbocycles. The Morgan fingerprint density at radius 2 is 1.76 bits per heavy atom. The van der Waals surface area contributed by atoms with Gasteiger partial charge < -0.3 is 20.1 Å². The zero-order chi connectivity index (χ0) is 30.6. The number of anilines is 1. The van der Waals surface area contributed by atoms with Crippen LogP contribution in [0.3, 0.4) is 0 Å². The van der Waals surface area contributed by atoms with Crippen LogP contribution < -0.4 is 11.1 Å². The Morgan fingerprint density at radius 1 is 1.02 bits per heavy atom. The van der Waals surface area contributed by atoms with Crippen LogP contribution >= 0.6 is 0 Å². The molecule has 0 saturated carbocycles. The number of halogens is 2. The van der Waals surface area contributed by atoms with Crippen molar-refractivity contribution in [3.63, 3.8) is 0 Å². The van der Waals surface area contributed by atoms with Crippen LogP contribution in [-0.2, 0) is 25.5 Å². The lowest BCUT2D eigenvalue weighted by Gasteiger charge is -2.28. The topological polar surface area (TPSA) is 124 Å². The average Bonchev–Trinajstić information content (AvgIpc) is 2.98. The number of esters is 1. The maximum Gasteiger partial charge on any atom is 0.412 e. The van der Waals surface area contributed by atoms with E-state index in [-0.39, 0.29) is 43.4 Å². The highest BCUT2D eigenvalue weighted by atomic mass is 19.2. The number of rotatable bonds is 14. The van der Waals surface area contributed by atoms with Crippen LogP contribution in [0.5, 0.6) is 0 Å². The number of benzene rings is 2. The summed E-state index contributed by atoms with van der Waals surface area (Å²) in [5, 5.41) is 4.42. The molecule has 2 atom stereocenters. The lowest BCUT2D eigenvalue weighted by molar-refractivity contribution is -0.146. The van der Waals surface area contributed by atoms with E-state index in [2.05, 4.69) is 10.3 Å². The predicted molar refractivity (Wildman–Crippen MR) is 156 cm³/mol. The molecule has 0 unspecified atom stereocenters. The number of amides is 2. The van der Waals surface area contributed by atoms with E-state index in [0.717, 1.165) is 16.8 Å². The van der Waals surface area contributed by atoms with Gasteiger partial charge in [0, 0.05) is 25.1 Å². The van der Waals surface area contributed by atoms with Crippen LogP contribution in [-0.4, -0.2) is 60.2 Å². The first-order valence-corrected chi connectivity index (χ1v) is 14.0. The predicted octanol–water partition coefficient (Wildman–Crippen LogP) is 5.22. The molecule has 1 aromatic heterocycles. The summed E-state index contributed by atoms with van der Waals surface area (Å²) in [6.45, 7) is 3.71. The third-order valence-electron chi connectivity index (χ3n) is 7.02. The molecule has 42 heavy (non-hydrogen) atoms. The molecule has 9 nitrogen and oxygen atoms in total. The van der Waals surface area contributed by atoms with Crippen molar-refractivity contribution in [2.24, 2.45) is 11.7 Å². The fraction of sp³-hybridized carbons (Fsp3) is 0.419. The number of nitrogens with one attached hydrogen (secondary N) is 1. The average molecular weight is 585 g/mol. The first-order valence-electron chi connectivity index (χ1n) is 14.0. The molecule has 3 N–H and O–H groups in total. The highest BCUT2D eigenvalue weighted by Gasteiger charge is 2.23. The highest BCUT2D eigenvalue weighted by Crippen LogP contribution is 2.18. The molecule has 3 rings (SSSR count). The van der Waals surface area contributed by atoms with Crippen molar-refractivity contribution in [1.29, 1.82) is 0 Å². The SMILES string of the molecule is CC(C)[C@@H](N)C(=O)OCCCC[C@@H](COC(=O)Nc1cc2ccccc2cn1)N(C)C(=O)CCc1cccc(F)c1F. The van der Waals surface area contributed by atoms with Gasteiger partial charge in [0.15, 0.2) is 11.6 Å². The summed E-state index contributed by atoms with van der Waals surface area (Å²) in [7, 11) is 1.57. The van der Waals surface area contributed by atoms with Gasteiger partial charge in [-0.25, -0.2) is 18.6 Å². The normalized spacial score (nSPS) is 12.5. The lowest BCUT2D eigenvalue weighted by atomic mass is 10.1. The Balaban J connectivity index is 1.57. The van der Waals surface area contributed by atoms with Crippen LogP contribution in [0.2, 0.25) is 0 Å². The molecule has 2 aromatic carbocycles. The van der Waals surface area contributed by atoms with Crippen molar-refractivity contribution in [3.05, 3.63) is 71.9 Å². The van der Waals surface area contributed by atoms with Crippen molar-refractivity contribution in [2.45, 2.75) is 58.0 Å². The number of hydrogen-bond donors (Lipinski definition) is 2. The van der Waals surface area contributed by atoms with Crippen LogP contribution in [0.15, 0.2) is 54.7 Å². The second-order valence-corrected chi connectivity index (χ2v) is 10.4. The maximum atomic E-state index is 14.1. The van der Waals surface area contributed by atoms with Gasteiger partial charge in [-0.1, -0.05) is 50.2 Å². The lowest BCUT2D eigenvalue weighted by Crippen LogP contribution is -2.41. The summed E-state index contributed by atoms with van der Waals surface area (Å²) >= 11 is 0. The molecule has 0 saturated heterocycles. The molecule has 2 amide bonds. The number of nitrogens with two attached hydrogens (primary N) is 1. The summed E-state index contributed by atoms with van der Waals surface area (Å²) < 4.78 is 38.3. The number of carbonyl (C=O) groups excluding carboxylic acids is 3. The van der Waals surface area contributed by atoms with Gasteiger partial charge in [0.2, 0.25) is 5.91 Å². The number of likely N-dealkylation sites (N-methyl/N-ethyl adjacent to an activating group) is 1. The summed E-state index contributed by atoms with van der Waals surface area (Å²) in [4.78, 5) is 43.2. The standard InChI is InChI=1S/C31H38F2N4O5/c1-20(2)29(34)30(39)41-16-7-6-12-24(37(3)27(38)15-14-21-11-8-13-25(32)28(21)33)19-42-31(40)36-26-17-22-9-4-5-10-23(22)18-35-26/h4-5,8-11,13,17-18,20,24,29H,6-7,12,14-16,19,34H2,1-3H3,(H,35,36,40)/t24-,29+/m0/s1. The van der Waals surface area contributed by atoms with E-state index in [1.807, 2.05) is 38.1 Å². The van der Waals surface area contributed by atoms with Crippen LogP contribution in [0.1, 0.15) is 45.1 Å². The van der Waals surface area contributed by atoms with Crippen LogP contribution in [0.25, 0.3) is 10.8 Å². The monoisotopic (exact) mass is 584 g/mol. The molecule has 0 bridgehead atoms. The van der Waals surface area contributed by atoms with Crippen LogP contribution in [0, 0.1) is 17.6 Å². The summed E-state index contributed by atoms with van der Waals surface area (Å²) in [6.07, 6.45) is 2.36.